The third-order valence-electron chi connectivity index (χ3n) is 3.12. The number of hydrogen-bond acceptors (Lipinski definition) is 6. The van der Waals surface area contributed by atoms with Crippen LogP contribution in [0.5, 0.6) is 11.6 Å². The van der Waals surface area contributed by atoms with Crippen molar-refractivity contribution >= 4 is 11.0 Å². The van der Waals surface area contributed by atoms with Gasteiger partial charge in [0.15, 0.2) is 0 Å². The van der Waals surface area contributed by atoms with E-state index in [1.54, 1.807) is 24.4 Å². The van der Waals surface area contributed by atoms with Crippen molar-refractivity contribution in [3.8, 4) is 11.6 Å². The topological polar surface area (TPSA) is 73.5 Å². The van der Waals surface area contributed by atoms with Gasteiger partial charge in [0.05, 0.1) is 23.6 Å². The van der Waals surface area contributed by atoms with Crippen LogP contribution >= 0.6 is 0 Å². The highest BCUT2D eigenvalue weighted by molar-refractivity contribution is 5.76. The SMILES string of the molecule is CN(C)CCOc1cnc2cc(OC/C(=C/F)CN)ccc2n1. The van der Waals surface area contributed by atoms with Crippen LogP contribution in [0.25, 0.3) is 11.0 Å². The van der Waals surface area contributed by atoms with E-state index in [0.29, 0.717) is 41.2 Å². The number of benzene rings is 1. The van der Waals surface area contributed by atoms with Crippen molar-refractivity contribution in [3.05, 3.63) is 36.3 Å². The van der Waals surface area contributed by atoms with E-state index in [2.05, 4.69) is 9.97 Å². The molecule has 0 aliphatic rings. The summed E-state index contributed by atoms with van der Waals surface area (Å²) in [6.45, 7) is 1.58. The summed E-state index contributed by atoms with van der Waals surface area (Å²) in [6, 6.07) is 5.29. The number of aromatic nitrogens is 2. The summed E-state index contributed by atoms with van der Waals surface area (Å²) in [4.78, 5) is 10.7. The molecule has 1 aromatic heterocycles. The van der Waals surface area contributed by atoms with Crippen LogP contribution in [-0.4, -0.2) is 55.3 Å². The van der Waals surface area contributed by atoms with Crippen molar-refractivity contribution in [3.63, 3.8) is 0 Å². The molecular weight excluding hydrogens is 299 g/mol. The number of nitrogens with zero attached hydrogens (tertiary/aromatic N) is 3. The summed E-state index contributed by atoms with van der Waals surface area (Å²) >= 11 is 0. The molecule has 0 aliphatic heterocycles. The van der Waals surface area contributed by atoms with Gasteiger partial charge in [0.2, 0.25) is 5.88 Å². The second-order valence-corrected chi connectivity index (χ2v) is 5.27. The first kappa shape index (κ1) is 17.1. The van der Waals surface area contributed by atoms with Crippen molar-refractivity contribution in [1.82, 2.24) is 14.9 Å². The summed E-state index contributed by atoms with van der Waals surface area (Å²) in [5.41, 5.74) is 7.16. The lowest BCUT2D eigenvalue weighted by Crippen LogP contribution is -2.19. The average molecular weight is 320 g/mol. The number of hydrogen-bond donors (Lipinski definition) is 1. The van der Waals surface area contributed by atoms with E-state index in [0.717, 1.165) is 6.54 Å². The molecule has 6 nitrogen and oxygen atoms in total. The van der Waals surface area contributed by atoms with E-state index in [1.165, 1.54) is 0 Å². The Morgan fingerprint density at radius 1 is 1.30 bits per heavy atom. The van der Waals surface area contributed by atoms with Crippen molar-refractivity contribution in [2.24, 2.45) is 5.73 Å². The second kappa shape index (κ2) is 8.40. The minimum atomic E-state index is 0.109. The zero-order valence-corrected chi connectivity index (χ0v) is 13.3. The molecule has 0 atom stereocenters. The highest BCUT2D eigenvalue weighted by Crippen LogP contribution is 2.20. The van der Waals surface area contributed by atoms with Gasteiger partial charge in [0.25, 0.3) is 0 Å². The Labute approximate surface area is 134 Å². The first-order valence-electron chi connectivity index (χ1n) is 7.27. The van der Waals surface area contributed by atoms with Crippen LogP contribution in [0.3, 0.4) is 0 Å². The summed E-state index contributed by atoms with van der Waals surface area (Å²) < 4.78 is 23.5. The highest BCUT2D eigenvalue weighted by atomic mass is 19.1. The Bertz CT molecular complexity index is 676. The lowest BCUT2D eigenvalue weighted by atomic mass is 10.3. The number of rotatable bonds is 8. The summed E-state index contributed by atoms with van der Waals surface area (Å²) in [5, 5.41) is 0. The molecule has 0 aliphatic carbocycles. The molecule has 7 heteroatoms. The minimum absolute atomic E-state index is 0.109. The van der Waals surface area contributed by atoms with E-state index >= 15 is 0 Å². The molecule has 0 radical (unpaired) electrons. The molecule has 1 heterocycles. The van der Waals surface area contributed by atoms with Gasteiger partial charge in [-0.05, 0) is 26.2 Å². The van der Waals surface area contributed by atoms with E-state index < -0.39 is 0 Å². The Morgan fingerprint density at radius 2 is 2.13 bits per heavy atom. The van der Waals surface area contributed by atoms with Crippen LogP contribution in [0.2, 0.25) is 0 Å². The van der Waals surface area contributed by atoms with E-state index in [1.807, 2.05) is 19.0 Å². The van der Waals surface area contributed by atoms with Crippen molar-refractivity contribution in [2.45, 2.75) is 0 Å². The molecule has 0 saturated heterocycles. The molecule has 2 aromatic rings. The largest absolute Gasteiger partial charge is 0.489 e. The fraction of sp³-hybridized carbons (Fsp3) is 0.375. The van der Waals surface area contributed by atoms with E-state index in [4.69, 9.17) is 15.2 Å². The quantitative estimate of drug-likeness (QED) is 0.799. The zero-order chi connectivity index (χ0) is 16.7. The van der Waals surface area contributed by atoms with Gasteiger partial charge in [-0.1, -0.05) is 0 Å². The smallest absolute Gasteiger partial charge is 0.232 e. The predicted octanol–water partition coefficient (Wildman–Crippen LogP) is 1.76. The Morgan fingerprint density at radius 3 is 2.83 bits per heavy atom. The van der Waals surface area contributed by atoms with Crippen molar-refractivity contribution in [2.75, 3.05) is 40.4 Å². The monoisotopic (exact) mass is 320 g/mol. The number of ether oxygens (including phenoxy) is 2. The van der Waals surface area contributed by atoms with Gasteiger partial charge in [0.1, 0.15) is 19.0 Å². The summed E-state index contributed by atoms with van der Waals surface area (Å²) in [6.07, 6.45) is 2.05. The third-order valence-corrected chi connectivity index (χ3v) is 3.12. The molecule has 0 unspecified atom stereocenters. The zero-order valence-electron chi connectivity index (χ0n) is 13.3. The van der Waals surface area contributed by atoms with Gasteiger partial charge in [0, 0.05) is 24.7 Å². The molecule has 1 aromatic carbocycles. The number of fused-ring (bicyclic) bond motifs is 1. The van der Waals surface area contributed by atoms with E-state index in [-0.39, 0.29) is 13.2 Å². The van der Waals surface area contributed by atoms with Gasteiger partial charge in [-0.2, -0.15) is 0 Å². The van der Waals surface area contributed by atoms with Gasteiger partial charge >= 0.3 is 0 Å². The fourth-order valence-electron chi connectivity index (χ4n) is 1.78. The van der Waals surface area contributed by atoms with Crippen molar-refractivity contribution in [1.29, 1.82) is 0 Å². The third kappa shape index (κ3) is 5.15. The van der Waals surface area contributed by atoms with Gasteiger partial charge in [-0.3, -0.25) is 0 Å². The maximum atomic E-state index is 12.4. The summed E-state index contributed by atoms with van der Waals surface area (Å²) in [5.74, 6) is 1.07. The Balaban J connectivity index is 2.03. The van der Waals surface area contributed by atoms with Crippen LogP contribution in [-0.2, 0) is 0 Å². The molecule has 0 fully saturated rings. The first-order chi connectivity index (χ1) is 11.1. The lowest BCUT2D eigenvalue weighted by Gasteiger charge is -2.11. The maximum Gasteiger partial charge on any atom is 0.232 e. The average Bonchev–Trinajstić information content (AvgIpc) is 2.55. The molecule has 2 N–H and O–H groups in total. The normalized spacial score (nSPS) is 12.0. The van der Waals surface area contributed by atoms with E-state index in [9.17, 15) is 4.39 Å². The molecule has 124 valence electrons. The molecule has 0 amide bonds. The highest BCUT2D eigenvalue weighted by Gasteiger charge is 2.04. The number of halogens is 1. The Hall–Kier alpha value is -2.25. The number of likely N-dealkylation sites (N-methyl/N-ethyl adjacent to an activating group) is 1. The van der Waals surface area contributed by atoms with Gasteiger partial charge in [-0.25, -0.2) is 14.4 Å². The first-order valence-corrected chi connectivity index (χ1v) is 7.27. The van der Waals surface area contributed by atoms with Crippen LogP contribution < -0.4 is 15.2 Å². The molecule has 2 rings (SSSR count). The molecule has 0 bridgehead atoms. The fourth-order valence-corrected chi connectivity index (χ4v) is 1.78. The second-order valence-electron chi connectivity index (χ2n) is 5.27. The van der Waals surface area contributed by atoms with Crippen LogP contribution in [0.15, 0.2) is 36.3 Å². The molecule has 0 spiro atoms. The van der Waals surface area contributed by atoms with Gasteiger partial charge < -0.3 is 20.1 Å². The molecule has 0 saturated carbocycles. The summed E-state index contributed by atoms with van der Waals surface area (Å²) in [7, 11) is 3.95. The van der Waals surface area contributed by atoms with Crippen molar-refractivity contribution < 1.29 is 13.9 Å². The maximum absolute atomic E-state index is 12.4. The molecule has 23 heavy (non-hydrogen) atoms. The van der Waals surface area contributed by atoms with Crippen LogP contribution in [0.4, 0.5) is 4.39 Å². The van der Waals surface area contributed by atoms with Crippen LogP contribution in [0.1, 0.15) is 0 Å². The standard InChI is InChI=1S/C16H21FN4O2/c1-21(2)5-6-22-16-10-19-15-7-13(3-4-14(15)20-16)23-11-12(8-17)9-18/h3-4,7-8,10H,5-6,9,11,18H2,1-2H3/b12-8+. The predicted molar refractivity (Wildman–Crippen MR) is 87.3 cm³/mol. The van der Waals surface area contributed by atoms with Gasteiger partial charge in [-0.15, -0.1) is 0 Å². The number of nitrogens with two attached hydrogens (primary N) is 1. The Kier molecular flexibility index (Phi) is 6.25. The lowest BCUT2D eigenvalue weighted by molar-refractivity contribution is 0.254. The minimum Gasteiger partial charge on any atom is -0.489 e. The molecular formula is C16H21FN4O2. The van der Waals surface area contributed by atoms with Crippen LogP contribution in [0, 0.1) is 0 Å².